The van der Waals surface area contributed by atoms with Gasteiger partial charge in [-0.15, -0.1) is 6.58 Å². The van der Waals surface area contributed by atoms with Gasteiger partial charge in [-0.1, -0.05) is 47.6 Å². The van der Waals surface area contributed by atoms with E-state index in [0.717, 1.165) is 22.4 Å². The van der Waals surface area contributed by atoms with E-state index in [1.165, 1.54) is 12.1 Å². The Hall–Kier alpha value is -2.54. The van der Waals surface area contributed by atoms with Gasteiger partial charge in [-0.25, -0.2) is 4.39 Å². The molecule has 2 aromatic carbocycles. The first-order valence-electron chi connectivity index (χ1n) is 10.2. The van der Waals surface area contributed by atoms with E-state index >= 15 is 0 Å². The summed E-state index contributed by atoms with van der Waals surface area (Å²) in [5, 5.41) is 14.7. The van der Waals surface area contributed by atoms with E-state index in [4.69, 9.17) is 9.57 Å². The number of oxime groups is 1. The molecule has 0 spiro atoms. The second-order valence-corrected chi connectivity index (χ2v) is 7.59. The van der Waals surface area contributed by atoms with Crippen molar-refractivity contribution in [3.63, 3.8) is 0 Å². The third-order valence-corrected chi connectivity index (χ3v) is 4.96. The van der Waals surface area contributed by atoms with Gasteiger partial charge in [0.1, 0.15) is 11.9 Å². The van der Waals surface area contributed by atoms with Crippen LogP contribution in [0.25, 0.3) is 0 Å². The fourth-order valence-electron chi connectivity index (χ4n) is 3.61. The van der Waals surface area contributed by atoms with Gasteiger partial charge in [0.25, 0.3) is 0 Å². The van der Waals surface area contributed by atoms with Crippen molar-refractivity contribution < 1.29 is 19.1 Å². The molecule has 1 heterocycles. The molecule has 160 valence electrons. The molecule has 1 aliphatic heterocycles. The summed E-state index contributed by atoms with van der Waals surface area (Å²) in [6, 6.07) is 14.6. The second-order valence-electron chi connectivity index (χ2n) is 7.59. The van der Waals surface area contributed by atoms with E-state index in [9.17, 15) is 9.50 Å². The van der Waals surface area contributed by atoms with Gasteiger partial charge in [-0.2, -0.15) is 0 Å². The van der Waals surface area contributed by atoms with Crippen molar-refractivity contribution in [2.75, 3.05) is 26.3 Å². The predicted molar refractivity (Wildman–Crippen MR) is 116 cm³/mol. The molecule has 0 saturated carbocycles. The minimum Gasteiger partial charge on any atom is -0.390 e. The van der Waals surface area contributed by atoms with Crippen molar-refractivity contribution in [1.82, 2.24) is 4.90 Å². The monoisotopic (exact) mass is 412 g/mol. The molecule has 0 unspecified atom stereocenters. The van der Waals surface area contributed by atoms with Crippen LogP contribution < -0.4 is 0 Å². The molecule has 0 bridgehead atoms. The van der Waals surface area contributed by atoms with E-state index in [0.29, 0.717) is 32.7 Å². The third-order valence-electron chi connectivity index (χ3n) is 4.96. The second kappa shape index (κ2) is 11.0. The highest BCUT2D eigenvalue weighted by Gasteiger charge is 2.26. The Kier molecular flexibility index (Phi) is 8.13. The molecule has 1 N–H and O–H groups in total. The van der Waals surface area contributed by atoms with E-state index in [2.05, 4.69) is 29.6 Å². The zero-order valence-electron chi connectivity index (χ0n) is 17.3. The van der Waals surface area contributed by atoms with Crippen LogP contribution in [0.4, 0.5) is 4.39 Å². The van der Waals surface area contributed by atoms with Gasteiger partial charge in [0.05, 0.1) is 25.0 Å². The lowest BCUT2D eigenvalue weighted by Gasteiger charge is -2.27. The maximum absolute atomic E-state index is 13.6. The normalized spacial score (nSPS) is 16.9. The van der Waals surface area contributed by atoms with Crippen LogP contribution in [0.2, 0.25) is 0 Å². The van der Waals surface area contributed by atoms with Crippen LogP contribution in [-0.2, 0) is 16.1 Å². The molecule has 1 aliphatic rings. The topological polar surface area (TPSA) is 54.3 Å². The first kappa shape index (κ1) is 22.2. The SMILES string of the molecule is C=CCOC[C@H](O)CN(Cc1cccc(F)c1)C[C@H]1CC(c2ccccc2C)=NO1. The first-order valence-corrected chi connectivity index (χ1v) is 10.2. The average Bonchev–Trinajstić information content (AvgIpc) is 3.16. The number of aliphatic hydroxyl groups excluding tert-OH is 1. The molecule has 2 atom stereocenters. The van der Waals surface area contributed by atoms with Crippen LogP contribution >= 0.6 is 0 Å². The molecule has 2 aromatic rings. The number of nitrogens with zero attached hydrogens (tertiary/aromatic N) is 2. The largest absolute Gasteiger partial charge is 0.390 e. The highest BCUT2D eigenvalue weighted by atomic mass is 19.1. The minimum atomic E-state index is -0.670. The summed E-state index contributed by atoms with van der Waals surface area (Å²) in [6.07, 6.45) is 1.54. The molecule has 0 amide bonds. The van der Waals surface area contributed by atoms with Gasteiger partial charge >= 0.3 is 0 Å². The van der Waals surface area contributed by atoms with Crippen molar-refractivity contribution >= 4 is 5.71 Å². The van der Waals surface area contributed by atoms with Crippen LogP contribution in [0.15, 0.2) is 66.3 Å². The lowest BCUT2D eigenvalue weighted by molar-refractivity contribution is 0.00334. The molecule has 30 heavy (non-hydrogen) atoms. The van der Waals surface area contributed by atoms with Crippen LogP contribution in [-0.4, -0.2) is 54.2 Å². The van der Waals surface area contributed by atoms with Crippen LogP contribution in [0.3, 0.4) is 0 Å². The number of benzene rings is 2. The standard InChI is InChI=1S/C24H29FN2O3/c1-3-11-29-17-21(28)15-27(14-19-8-6-9-20(25)12-19)16-22-13-24(26-30-22)23-10-5-4-7-18(23)2/h3-10,12,21-22,28H,1,11,13-17H2,2H3/t21-,22-/m1/s1. The maximum Gasteiger partial charge on any atom is 0.145 e. The molecular weight excluding hydrogens is 383 g/mol. The van der Waals surface area contributed by atoms with Crippen molar-refractivity contribution in [3.05, 3.63) is 83.7 Å². The minimum absolute atomic E-state index is 0.130. The number of halogens is 1. The molecule has 0 radical (unpaired) electrons. The van der Waals surface area contributed by atoms with Crippen molar-refractivity contribution in [3.8, 4) is 0 Å². The third kappa shape index (κ3) is 6.49. The number of hydrogen-bond acceptors (Lipinski definition) is 5. The van der Waals surface area contributed by atoms with Crippen molar-refractivity contribution in [2.45, 2.75) is 32.1 Å². The highest BCUT2D eigenvalue weighted by Crippen LogP contribution is 2.21. The summed E-state index contributed by atoms with van der Waals surface area (Å²) in [7, 11) is 0. The number of aliphatic hydroxyl groups is 1. The molecule has 5 nitrogen and oxygen atoms in total. The first-order chi connectivity index (χ1) is 14.5. The van der Waals surface area contributed by atoms with E-state index in [1.807, 2.05) is 24.3 Å². The van der Waals surface area contributed by atoms with Crippen LogP contribution in [0.1, 0.15) is 23.1 Å². The van der Waals surface area contributed by atoms with Crippen molar-refractivity contribution in [2.24, 2.45) is 5.16 Å². The van der Waals surface area contributed by atoms with Crippen LogP contribution in [0.5, 0.6) is 0 Å². The number of aryl methyl sites for hydroxylation is 1. The van der Waals surface area contributed by atoms with E-state index in [1.54, 1.807) is 12.1 Å². The molecule has 0 aliphatic carbocycles. The number of rotatable bonds is 11. The zero-order chi connectivity index (χ0) is 21.3. The highest BCUT2D eigenvalue weighted by molar-refractivity contribution is 6.02. The Morgan fingerprint density at radius 1 is 1.33 bits per heavy atom. The number of hydrogen-bond donors (Lipinski definition) is 1. The summed E-state index contributed by atoms with van der Waals surface area (Å²) < 4.78 is 19.0. The summed E-state index contributed by atoms with van der Waals surface area (Å²) in [5.41, 5.74) is 4.02. The van der Waals surface area contributed by atoms with E-state index in [-0.39, 0.29) is 18.5 Å². The average molecular weight is 413 g/mol. The quantitative estimate of drug-likeness (QED) is 0.452. The maximum atomic E-state index is 13.6. The van der Waals surface area contributed by atoms with Crippen molar-refractivity contribution in [1.29, 1.82) is 0 Å². The summed E-state index contributed by atoms with van der Waals surface area (Å²) in [5.74, 6) is -0.274. The smallest absolute Gasteiger partial charge is 0.145 e. The summed E-state index contributed by atoms with van der Waals surface area (Å²) in [4.78, 5) is 7.75. The lowest BCUT2D eigenvalue weighted by Crippen LogP contribution is -2.39. The Balaban J connectivity index is 1.63. The summed E-state index contributed by atoms with van der Waals surface area (Å²) >= 11 is 0. The molecule has 3 rings (SSSR count). The van der Waals surface area contributed by atoms with Gasteiger partial charge in [0, 0.05) is 31.6 Å². The molecular formula is C24H29FN2O3. The summed E-state index contributed by atoms with van der Waals surface area (Å²) in [6.45, 7) is 7.71. The van der Waals surface area contributed by atoms with Gasteiger partial charge in [-0.3, -0.25) is 4.90 Å². The molecule has 0 saturated heterocycles. The van der Waals surface area contributed by atoms with Gasteiger partial charge in [0.15, 0.2) is 0 Å². The molecule has 0 aromatic heterocycles. The fraction of sp³-hybridized carbons (Fsp3) is 0.375. The lowest BCUT2D eigenvalue weighted by atomic mass is 10.00. The van der Waals surface area contributed by atoms with Gasteiger partial charge < -0.3 is 14.7 Å². The number of ether oxygens (including phenoxy) is 1. The van der Waals surface area contributed by atoms with E-state index < -0.39 is 6.10 Å². The Morgan fingerprint density at radius 2 is 2.17 bits per heavy atom. The van der Waals surface area contributed by atoms with Gasteiger partial charge in [0.2, 0.25) is 0 Å². The fourth-order valence-corrected chi connectivity index (χ4v) is 3.61. The van der Waals surface area contributed by atoms with Gasteiger partial charge in [-0.05, 0) is 30.2 Å². The Labute approximate surface area is 177 Å². The zero-order valence-corrected chi connectivity index (χ0v) is 17.3. The Morgan fingerprint density at radius 3 is 2.93 bits per heavy atom. The molecule has 6 heteroatoms. The Bertz CT molecular complexity index is 871. The van der Waals surface area contributed by atoms with Crippen LogP contribution in [0, 0.1) is 12.7 Å². The molecule has 0 fully saturated rings. The predicted octanol–water partition coefficient (Wildman–Crippen LogP) is 3.69.